The summed E-state index contributed by atoms with van der Waals surface area (Å²) in [5.41, 5.74) is -4.71. The predicted octanol–water partition coefficient (Wildman–Crippen LogP) is 2.48. The summed E-state index contributed by atoms with van der Waals surface area (Å²) in [6, 6.07) is 0. The van der Waals surface area contributed by atoms with Crippen molar-refractivity contribution < 1.29 is 18.1 Å². The number of nitrogens with zero attached hydrogens (tertiary/aromatic N) is 3. The van der Waals surface area contributed by atoms with Gasteiger partial charge in [0.1, 0.15) is 6.20 Å². The Morgan fingerprint density at radius 3 is 2.70 bits per heavy atom. The highest BCUT2D eigenvalue weighted by atomic mass is 32.2. The molecule has 0 unspecified atom stereocenters. The Hall–Kier alpha value is -1.78. The minimum absolute atomic E-state index is 0.104. The zero-order chi connectivity index (χ0) is 15.2. The first kappa shape index (κ1) is 16.3. The molecule has 1 aromatic rings. The molecule has 11 heteroatoms. The smallest absolute Gasteiger partial charge is 0.363 e. The topological polar surface area (TPSA) is 93.0 Å². The minimum Gasteiger partial charge on any atom is -0.363 e. The summed E-state index contributed by atoms with van der Waals surface area (Å²) < 4.78 is 35.8. The lowest BCUT2D eigenvalue weighted by atomic mass is 10.4. The van der Waals surface area contributed by atoms with Crippen LogP contribution in [0.5, 0.6) is 0 Å². The number of hydrogen-bond acceptors (Lipinski definition) is 7. The van der Waals surface area contributed by atoms with Gasteiger partial charge in [0, 0.05) is 18.8 Å². The van der Waals surface area contributed by atoms with Gasteiger partial charge in [-0.25, -0.2) is 4.98 Å². The predicted molar refractivity (Wildman–Crippen MR) is 69.9 cm³/mol. The number of nitrogens with one attached hydrogen (secondary N) is 2. The highest BCUT2D eigenvalue weighted by Gasteiger charge is 2.27. The highest BCUT2D eigenvalue weighted by molar-refractivity contribution is 8.00. The SMILES string of the molecule is CCNc1ncc([N+](=O)[O-])c(NCCSC(F)(F)F)n1. The molecule has 0 saturated carbocycles. The van der Waals surface area contributed by atoms with Crippen molar-refractivity contribution in [3.63, 3.8) is 0 Å². The highest BCUT2D eigenvalue weighted by Crippen LogP contribution is 2.30. The molecule has 1 heterocycles. The fourth-order valence-corrected chi connectivity index (χ4v) is 1.65. The average molecular weight is 311 g/mol. The molecule has 0 spiro atoms. The van der Waals surface area contributed by atoms with E-state index in [-0.39, 0.29) is 41.5 Å². The third-order valence-corrected chi connectivity index (χ3v) is 2.70. The first-order valence-corrected chi connectivity index (χ1v) is 6.52. The normalized spacial score (nSPS) is 11.2. The molecule has 0 atom stereocenters. The van der Waals surface area contributed by atoms with Crippen molar-refractivity contribution in [1.82, 2.24) is 9.97 Å². The van der Waals surface area contributed by atoms with Gasteiger partial charge < -0.3 is 10.6 Å². The molecule has 2 N–H and O–H groups in total. The van der Waals surface area contributed by atoms with Crippen LogP contribution in [0.15, 0.2) is 6.20 Å². The molecular formula is C9H12F3N5O2S. The fraction of sp³-hybridized carbons (Fsp3) is 0.556. The summed E-state index contributed by atoms with van der Waals surface area (Å²) in [6.45, 7) is 2.20. The van der Waals surface area contributed by atoms with Crippen LogP contribution in [0.25, 0.3) is 0 Å². The van der Waals surface area contributed by atoms with Crippen LogP contribution >= 0.6 is 11.8 Å². The van der Waals surface area contributed by atoms with E-state index in [1.165, 1.54) is 0 Å². The van der Waals surface area contributed by atoms with Crippen LogP contribution in [-0.4, -0.2) is 39.2 Å². The van der Waals surface area contributed by atoms with E-state index in [1.807, 2.05) is 0 Å². The van der Waals surface area contributed by atoms with Crippen molar-refractivity contribution in [2.45, 2.75) is 12.4 Å². The van der Waals surface area contributed by atoms with Crippen molar-refractivity contribution >= 4 is 29.2 Å². The molecule has 0 saturated heterocycles. The van der Waals surface area contributed by atoms with Crippen LogP contribution < -0.4 is 10.6 Å². The quantitative estimate of drug-likeness (QED) is 0.454. The molecule has 112 valence electrons. The second-order valence-corrected chi connectivity index (χ2v) is 4.60. The number of halogens is 3. The average Bonchev–Trinajstić information content (AvgIpc) is 2.34. The number of thioether (sulfide) groups is 1. The molecule has 0 amide bonds. The van der Waals surface area contributed by atoms with Gasteiger partial charge >= 0.3 is 11.2 Å². The molecule has 0 bridgehead atoms. The Morgan fingerprint density at radius 1 is 1.45 bits per heavy atom. The second-order valence-electron chi connectivity index (χ2n) is 3.44. The molecule has 0 aliphatic rings. The van der Waals surface area contributed by atoms with Crippen LogP contribution in [0.3, 0.4) is 0 Å². The van der Waals surface area contributed by atoms with Gasteiger partial charge in [-0.1, -0.05) is 0 Å². The molecule has 1 aromatic heterocycles. The summed E-state index contributed by atoms with van der Waals surface area (Å²) >= 11 is -0.210. The van der Waals surface area contributed by atoms with E-state index in [0.717, 1.165) is 6.20 Å². The van der Waals surface area contributed by atoms with Gasteiger partial charge in [-0.2, -0.15) is 18.2 Å². The number of alkyl halides is 3. The van der Waals surface area contributed by atoms with Crippen molar-refractivity contribution in [2.75, 3.05) is 29.5 Å². The Kier molecular flexibility index (Phi) is 5.80. The zero-order valence-electron chi connectivity index (χ0n) is 10.4. The number of anilines is 2. The zero-order valence-corrected chi connectivity index (χ0v) is 11.2. The van der Waals surface area contributed by atoms with E-state index in [4.69, 9.17) is 0 Å². The fourth-order valence-electron chi connectivity index (χ4n) is 1.22. The van der Waals surface area contributed by atoms with E-state index < -0.39 is 10.4 Å². The number of rotatable bonds is 7. The molecule has 1 rings (SSSR count). The van der Waals surface area contributed by atoms with Gasteiger partial charge in [-0.05, 0) is 18.7 Å². The Balaban J connectivity index is 2.70. The molecule has 0 fully saturated rings. The molecule has 7 nitrogen and oxygen atoms in total. The van der Waals surface area contributed by atoms with E-state index in [1.54, 1.807) is 6.92 Å². The van der Waals surface area contributed by atoms with E-state index in [2.05, 4.69) is 20.6 Å². The maximum absolute atomic E-state index is 11.9. The van der Waals surface area contributed by atoms with Crippen LogP contribution in [0.2, 0.25) is 0 Å². The largest absolute Gasteiger partial charge is 0.441 e. The maximum Gasteiger partial charge on any atom is 0.441 e. The Bertz CT molecular complexity index is 471. The summed E-state index contributed by atoms with van der Waals surface area (Å²) in [6.07, 6.45) is 1.00. The summed E-state index contributed by atoms with van der Waals surface area (Å²) in [4.78, 5) is 17.6. The monoisotopic (exact) mass is 311 g/mol. The molecule has 20 heavy (non-hydrogen) atoms. The first-order valence-electron chi connectivity index (χ1n) is 5.53. The molecule has 0 aromatic carbocycles. The van der Waals surface area contributed by atoms with Crippen LogP contribution in [0.1, 0.15) is 6.92 Å². The molecule has 0 radical (unpaired) electrons. The second kappa shape index (κ2) is 7.12. The van der Waals surface area contributed by atoms with E-state index >= 15 is 0 Å². The third kappa shape index (κ3) is 5.47. The van der Waals surface area contributed by atoms with Gasteiger partial charge in [-0.3, -0.25) is 10.1 Å². The van der Waals surface area contributed by atoms with Gasteiger partial charge in [-0.15, -0.1) is 0 Å². The van der Waals surface area contributed by atoms with Gasteiger partial charge in [0.2, 0.25) is 11.8 Å². The van der Waals surface area contributed by atoms with Crippen molar-refractivity contribution in [2.24, 2.45) is 0 Å². The third-order valence-electron chi connectivity index (χ3n) is 1.96. The lowest BCUT2D eigenvalue weighted by Gasteiger charge is -2.09. The first-order chi connectivity index (χ1) is 9.33. The lowest BCUT2D eigenvalue weighted by Crippen LogP contribution is -2.13. The molecular weight excluding hydrogens is 299 g/mol. The summed E-state index contributed by atoms with van der Waals surface area (Å²) in [7, 11) is 0. The van der Waals surface area contributed by atoms with Crippen LogP contribution in [0.4, 0.5) is 30.6 Å². The van der Waals surface area contributed by atoms with Gasteiger partial charge in [0.25, 0.3) is 0 Å². The van der Waals surface area contributed by atoms with Gasteiger partial charge in [0.15, 0.2) is 0 Å². The maximum atomic E-state index is 11.9. The number of nitro groups is 1. The minimum atomic E-state index is -4.33. The molecule has 0 aliphatic heterocycles. The van der Waals surface area contributed by atoms with Crippen molar-refractivity contribution in [1.29, 1.82) is 0 Å². The number of aromatic nitrogens is 2. The molecule has 0 aliphatic carbocycles. The Labute approximate surface area is 116 Å². The van der Waals surface area contributed by atoms with Crippen LogP contribution in [0, 0.1) is 10.1 Å². The van der Waals surface area contributed by atoms with Crippen molar-refractivity contribution in [3.05, 3.63) is 16.3 Å². The lowest BCUT2D eigenvalue weighted by molar-refractivity contribution is -0.384. The summed E-state index contributed by atoms with van der Waals surface area (Å²) in [5, 5.41) is 16.0. The van der Waals surface area contributed by atoms with Crippen LogP contribution in [-0.2, 0) is 0 Å². The van der Waals surface area contributed by atoms with Crippen molar-refractivity contribution in [3.8, 4) is 0 Å². The van der Waals surface area contributed by atoms with E-state index in [9.17, 15) is 23.3 Å². The number of hydrogen-bond donors (Lipinski definition) is 2. The summed E-state index contributed by atoms with van der Waals surface area (Å²) in [5.74, 6) is -0.214. The Morgan fingerprint density at radius 2 is 2.15 bits per heavy atom. The van der Waals surface area contributed by atoms with Gasteiger partial charge in [0.05, 0.1) is 4.92 Å². The standard InChI is InChI=1S/C9H12F3N5O2S/c1-2-13-8-15-5-6(17(18)19)7(16-8)14-3-4-20-9(10,11)12/h5H,2-4H2,1H3,(H2,13,14,15,16). The van der Waals surface area contributed by atoms with E-state index in [0.29, 0.717) is 6.54 Å².